The Morgan fingerprint density at radius 3 is 2.40 bits per heavy atom. The Kier molecular flexibility index (Phi) is 8.03. The Labute approximate surface area is 147 Å². The number of hydrogen-bond donors (Lipinski definition) is 0. The second-order valence-electron chi connectivity index (χ2n) is 6.41. The van der Waals surface area contributed by atoms with Crippen LogP contribution in [0.1, 0.15) is 57.1 Å². The molecule has 1 aromatic carbocycles. The fraction of sp³-hybridized carbons (Fsp3) is 0.684. The predicted octanol–water partition coefficient (Wildman–Crippen LogP) is 5.44. The first-order valence-corrected chi connectivity index (χ1v) is 9.00. The summed E-state index contributed by atoms with van der Waals surface area (Å²) >= 11 is 0. The van der Waals surface area contributed by atoms with E-state index in [1.807, 2.05) is 12.1 Å². The van der Waals surface area contributed by atoms with Crippen molar-refractivity contribution in [1.82, 2.24) is 0 Å². The van der Waals surface area contributed by atoms with Gasteiger partial charge in [0.05, 0.1) is 25.9 Å². The number of unbranched alkanes of at least 4 members (excludes halogenated alkanes) is 2. The molecule has 6 heteroatoms. The summed E-state index contributed by atoms with van der Waals surface area (Å²) < 4.78 is 53.3. The van der Waals surface area contributed by atoms with Crippen LogP contribution in [0.5, 0.6) is 5.75 Å². The highest BCUT2D eigenvalue weighted by atomic mass is 19.4. The third kappa shape index (κ3) is 7.65. The molecule has 1 aromatic rings. The summed E-state index contributed by atoms with van der Waals surface area (Å²) in [4.78, 5) is 0. The summed E-state index contributed by atoms with van der Waals surface area (Å²) in [6.07, 6.45) is -0.294. The molecule has 0 amide bonds. The van der Waals surface area contributed by atoms with Crippen molar-refractivity contribution in [3.63, 3.8) is 0 Å². The zero-order chi connectivity index (χ0) is 18.1. The summed E-state index contributed by atoms with van der Waals surface area (Å²) in [5.74, 6) is 0.570. The Hall–Kier alpha value is -1.27. The molecule has 0 N–H and O–H groups in total. The van der Waals surface area contributed by atoms with Crippen molar-refractivity contribution in [2.24, 2.45) is 0 Å². The second kappa shape index (κ2) is 10.0. The first-order valence-electron chi connectivity index (χ1n) is 9.00. The maximum atomic E-state index is 12.1. The molecule has 0 saturated carbocycles. The van der Waals surface area contributed by atoms with Crippen molar-refractivity contribution in [3.8, 4) is 5.75 Å². The van der Waals surface area contributed by atoms with Gasteiger partial charge in [0.1, 0.15) is 11.9 Å². The highest BCUT2D eigenvalue weighted by molar-refractivity contribution is 5.28. The standard InChI is InChI=1S/C19H27F3O3/c1-2-3-4-6-17-13-25-18(14-24-17)15-7-9-16(10-8-15)23-12-5-11-19(20,21)22/h7-10,17-18H,2-6,11-14H2,1H3/t17-,18-/m0/s1. The van der Waals surface area contributed by atoms with Gasteiger partial charge in [-0.1, -0.05) is 38.3 Å². The summed E-state index contributed by atoms with van der Waals surface area (Å²) in [6.45, 7) is 3.37. The van der Waals surface area contributed by atoms with E-state index in [4.69, 9.17) is 14.2 Å². The molecule has 25 heavy (non-hydrogen) atoms. The average molecular weight is 360 g/mol. The Balaban J connectivity index is 1.70. The Morgan fingerprint density at radius 2 is 1.80 bits per heavy atom. The maximum Gasteiger partial charge on any atom is 0.389 e. The largest absolute Gasteiger partial charge is 0.494 e. The lowest BCUT2D eigenvalue weighted by Crippen LogP contribution is -2.31. The van der Waals surface area contributed by atoms with Crippen molar-refractivity contribution in [2.75, 3.05) is 19.8 Å². The molecule has 1 fully saturated rings. The van der Waals surface area contributed by atoms with Crippen molar-refractivity contribution in [2.45, 2.75) is 63.8 Å². The SMILES string of the molecule is CCCCC[C@H]1CO[C@H](c2ccc(OCCCC(F)(F)F)cc2)CO1. The Bertz CT molecular complexity index is 480. The molecule has 1 aliphatic rings. The molecular formula is C19H27F3O3. The third-order valence-corrected chi connectivity index (χ3v) is 4.22. The number of rotatable bonds is 9. The van der Waals surface area contributed by atoms with E-state index in [1.54, 1.807) is 12.1 Å². The molecule has 3 nitrogen and oxygen atoms in total. The summed E-state index contributed by atoms with van der Waals surface area (Å²) in [5, 5.41) is 0. The van der Waals surface area contributed by atoms with Gasteiger partial charge in [-0.15, -0.1) is 0 Å². The summed E-state index contributed by atoms with van der Waals surface area (Å²) in [7, 11) is 0. The third-order valence-electron chi connectivity index (χ3n) is 4.22. The molecule has 0 bridgehead atoms. The van der Waals surface area contributed by atoms with Crippen molar-refractivity contribution >= 4 is 0 Å². The highest BCUT2D eigenvalue weighted by Gasteiger charge is 2.26. The van der Waals surface area contributed by atoms with Crippen LogP contribution in [0.15, 0.2) is 24.3 Å². The lowest BCUT2D eigenvalue weighted by Gasteiger charge is -2.30. The molecule has 0 unspecified atom stereocenters. The van der Waals surface area contributed by atoms with Gasteiger partial charge in [0.15, 0.2) is 0 Å². The predicted molar refractivity (Wildman–Crippen MR) is 89.8 cm³/mol. The molecule has 2 rings (SSSR count). The number of halogens is 3. The van der Waals surface area contributed by atoms with E-state index >= 15 is 0 Å². The molecule has 0 radical (unpaired) electrons. The molecule has 142 valence electrons. The van der Waals surface area contributed by atoms with Gasteiger partial charge in [0, 0.05) is 6.42 Å². The molecule has 0 aliphatic carbocycles. The topological polar surface area (TPSA) is 27.7 Å². The summed E-state index contributed by atoms with van der Waals surface area (Å²) in [6, 6.07) is 7.29. The first-order chi connectivity index (χ1) is 12.0. The van der Waals surface area contributed by atoms with Crippen molar-refractivity contribution in [3.05, 3.63) is 29.8 Å². The van der Waals surface area contributed by atoms with Crippen LogP contribution in [-0.4, -0.2) is 32.1 Å². The van der Waals surface area contributed by atoms with Gasteiger partial charge in [0.25, 0.3) is 0 Å². The molecule has 1 heterocycles. The minimum Gasteiger partial charge on any atom is -0.494 e. The second-order valence-corrected chi connectivity index (χ2v) is 6.41. The van der Waals surface area contributed by atoms with Crippen LogP contribution in [0, 0.1) is 0 Å². The van der Waals surface area contributed by atoms with Gasteiger partial charge < -0.3 is 14.2 Å². The molecule has 1 saturated heterocycles. The smallest absolute Gasteiger partial charge is 0.389 e. The number of alkyl halides is 3. The van der Waals surface area contributed by atoms with Gasteiger partial charge in [-0.25, -0.2) is 0 Å². The van der Waals surface area contributed by atoms with Crippen LogP contribution in [0.2, 0.25) is 0 Å². The van der Waals surface area contributed by atoms with Crippen molar-refractivity contribution < 1.29 is 27.4 Å². The van der Waals surface area contributed by atoms with Gasteiger partial charge >= 0.3 is 6.18 Å². The minimum atomic E-state index is -4.13. The van der Waals surface area contributed by atoms with Crippen LogP contribution in [0.3, 0.4) is 0 Å². The summed E-state index contributed by atoms with van der Waals surface area (Å²) in [5.41, 5.74) is 0.995. The molecule has 0 aromatic heterocycles. The fourth-order valence-corrected chi connectivity index (χ4v) is 2.77. The molecular weight excluding hydrogens is 333 g/mol. The first kappa shape index (κ1) is 20.0. The Morgan fingerprint density at radius 1 is 1.04 bits per heavy atom. The van der Waals surface area contributed by atoms with Crippen molar-refractivity contribution in [1.29, 1.82) is 0 Å². The van der Waals surface area contributed by atoms with Crippen LogP contribution in [0.4, 0.5) is 13.2 Å². The lowest BCUT2D eigenvalue weighted by molar-refractivity contribution is -0.137. The van der Waals surface area contributed by atoms with Crippen LogP contribution < -0.4 is 4.74 Å². The zero-order valence-corrected chi connectivity index (χ0v) is 14.7. The highest BCUT2D eigenvalue weighted by Crippen LogP contribution is 2.26. The number of ether oxygens (including phenoxy) is 3. The van der Waals surface area contributed by atoms with Gasteiger partial charge in [-0.2, -0.15) is 13.2 Å². The van der Waals surface area contributed by atoms with E-state index in [0.29, 0.717) is 19.0 Å². The zero-order valence-electron chi connectivity index (χ0n) is 14.7. The van der Waals surface area contributed by atoms with Gasteiger partial charge in [0.2, 0.25) is 0 Å². The molecule has 2 atom stereocenters. The van der Waals surface area contributed by atoms with Crippen LogP contribution in [-0.2, 0) is 9.47 Å². The van der Waals surface area contributed by atoms with Crippen LogP contribution in [0.25, 0.3) is 0 Å². The minimum absolute atomic E-state index is 0.0375. The number of benzene rings is 1. The van der Waals surface area contributed by atoms with Gasteiger partial charge in [-0.05, 0) is 30.5 Å². The molecule has 1 aliphatic heterocycles. The quantitative estimate of drug-likeness (QED) is 0.549. The monoisotopic (exact) mass is 360 g/mol. The van der Waals surface area contributed by atoms with E-state index in [-0.39, 0.29) is 25.2 Å². The van der Waals surface area contributed by atoms with E-state index in [9.17, 15) is 13.2 Å². The van der Waals surface area contributed by atoms with E-state index in [2.05, 4.69) is 6.92 Å². The van der Waals surface area contributed by atoms with Gasteiger partial charge in [-0.3, -0.25) is 0 Å². The lowest BCUT2D eigenvalue weighted by atomic mass is 10.1. The fourth-order valence-electron chi connectivity index (χ4n) is 2.77. The van der Waals surface area contributed by atoms with E-state index in [1.165, 1.54) is 12.8 Å². The van der Waals surface area contributed by atoms with E-state index < -0.39 is 12.6 Å². The normalized spacial score (nSPS) is 21.3. The van der Waals surface area contributed by atoms with Crippen LogP contribution >= 0.6 is 0 Å². The van der Waals surface area contributed by atoms with E-state index in [0.717, 1.165) is 18.4 Å². The maximum absolute atomic E-state index is 12.1. The number of hydrogen-bond acceptors (Lipinski definition) is 3. The molecule has 0 spiro atoms. The average Bonchev–Trinajstić information content (AvgIpc) is 2.59.